The van der Waals surface area contributed by atoms with Crippen LogP contribution in [0.2, 0.25) is 0 Å². The number of rotatable bonds is 4. The molecule has 1 aromatic rings. The van der Waals surface area contributed by atoms with Crippen molar-refractivity contribution in [1.29, 1.82) is 0 Å². The largest absolute Gasteiger partial charge is 0.505 e. The number of nitrogens with zero attached hydrogens (tertiary/aromatic N) is 1. The van der Waals surface area contributed by atoms with Crippen molar-refractivity contribution < 1.29 is 24.2 Å². The number of carbonyl (C=O) groups excluding carboxylic acids is 1. The molecule has 0 saturated heterocycles. The molecule has 0 saturated carbocycles. The highest BCUT2D eigenvalue weighted by Crippen LogP contribution is 2.37. The molecule has 0 bridgehead atoms. The second-order valence-corrected chi connectivity index (χ2v) is 4.77. The van der Waals surface area contributed by atoms with Crippen LogP contribution in [0.4, 0.5) is 0 Å². The predicted molar refractivity (Wildman–Crippen MR) is 59.3 cm³/mol. The zero-order valence-corrected chi connectivity index (χ0v) is 9.52. The van der Waals surface area contributed by atoms with Crippen LogP contribution < -0.4 is 0 Å². The smallest absolute Gasteiger partial charge is 0.245 e. The van der Waals surface area contributed by atoms with Crippen LogP contribution in [-0.4, -0.2) is 32.5 Å². The molecule has 7 heteroatoms. The summed E-state index contributed by atoms with van der Waals surface area (Å²) in [7, 11) is -3.61. The second-order valence-electron chi connectivity index (χ2n) is 3.19. The molecular formula is C9H12NO5P. The van der Waals surface area contributed by atoms with Gasteiger partial charge in [0.1, 0.15) is 5.75 Å². The zero-order valence-electron chi connectivity index (χ0n) is 8.62. The Kier molecular flexibility index (Phi) is 3.83. The molecule has 1 rings (SSSR count). The summed E-state index contributed by atoms with van der Waals surface area (Å²) in [6.45, 7) is 1.29. The van der Waals surface area contributed by atoms with Crippen LogP contribution in [0.25, 0.3) is 0 Å². The van der Waals surface area contributed by atoms with Crippen molar-refractivity contribution in [2.75, 3.05) is 0 Å². The summed E-state index contributed by atoms with van der Waals surface area (Å²) >= 11 is 0. The lowest BCUT2D eigenvalue weighted by Gasteiger charge is -2.12. The van der Waals surface area contributed by atoms with Crippen LogP contribution in [0, 0.1) is 6.92 Å². The number of aromatic hydroxyl groups is 1. The van der Waals surface area contributed by atoms with Gasteiger partial charge >= 0.3 is 0 Å². The minimum Gasteiger partial charge on any atom is -0.505 e. The van der Waals surface area contributed by atoms with E-state index in [1.807, 2.05) is 0 Å². The van der Waals surface area contributed by atoms with Gasteiger partial charge in [-0.05, 0) is 13.2 Å². The lowest BCUT2D eigenvalue weighted by Crippen LogP contribution is -2.00. The summed E-state index contributed by atoms with van der Waals surface area (Å²) < 4.78 is 4.65. The maximum Gasteiger partial charge on any atom is 0.245 e. The Hall–Kier alpha value is -1.20. The Morgan fingerprint density at radius 2 is 2.25 bits per heavy atom. The van der Waals surface area contributed by atoms with Gasteiger partial charge in [-0.2, -0.15) is 0 Å². The van der Waals surface area contributed by atoms with Crippen molar-refractivity contribution >= 4 is 20.2 Å². The van der Waals surface area contributed by atoms with Gasteiger partial charge in [-0.1, -0.05) is 0 Å². The van der Waals surface area contributed by atoms with E-state index in [9.17, 15) is 9.90 Å². The summed E-state index contributed by atoms with van der Waals surface area (Å²) in [5.74, 6) is -0.236. The third-order valence-corrected chi connectivity index (χ3v) is 2.45. The standard InChI is InChI=1S/C9H12NO5P/c1-6-9(12)8(4-11)7(3-10-6)5-15-16(2,13)14/h3-4,12-14H,2,5H2,1H3. The van der Waals surface area contributed by atoms with Gasteiger partial charge in [0.05, 0.1) is 17.9 Å². The Morgan fingerprint density at radius 1 is 1.62 bits per heavy atom. The van der Waals surface area contributed by atoms with Crippen LogP contribution in [0.5, 0.6) is 5.75 Å². The van der Waals surface area contributed by atoms with Gasteiger partial charge in [-0.25, -0.2) is 0 Å². The highest BCUT2D eigenvalue weighted by Gasteiger charge is 2.13. The number of aryl methyl sites for hydroxylation is 1. The minimum atomic E-state index is -3.61. The fourth-order valence-corrected chi connectivity index (χ4v) is 1.42. The number of carbonyl (C=O) groups is 1. The van der Waals surface area contributed by atoms with E-state index in [-0.39, 0.29) is 23.5 Å². The van der Waals surface area contributed by atoms with Crippen LogP contribution in [-0.2, 0) is 11.1 Å². The molecular weight excluding hydrogens is 233 g/mol. The number of aldehydes is 1. The first-order chi connectivity index (χ1) is 7.35. The highest BCUT2D eigenvalue weighted by atomic mass is 31.2. The second kappa shape index (κ2) is 4.76. The average molecular weight is 245 g/mol. The molecule has 16 heavy (non-hydrogen) atoms. The van der Waals surface area contributed by atoms with E-state index < -0.39 is 7.57 Å². The molecule has 0 spiro atoms. The Balaban J connectivity index is 3.01. The van der Waals surface area contributed by atoms with Gasteiger partial charge in [0.25, 0.3) is 0 Å². The summed E-state index contributed by atoms with van der Waals surface area (Å²) in [4.78, 5) is 32.4. The lowest BCUT2D eigenvalue weighted by molar-refractivity contribution is 0.111. The molecule has 1 heterocycles. The van der Waals surface area contributed by atoms with Crippen LogP contribution in [0.15, 0.2) is 6.20 Å². The number of hydrogen-bond donors (Lipinski definition) is 3. The van der Waals surface area contributed by atoms with Crippen molar-refractivity contribution in [2.45, 2.75) is 13.5 Å². The molecule has 0 amide bonds. The molecule has 0 aliphatic heterocycles. The first-order valence-corrected chi connectivity index (χ1v) is 6.11. The van der Waals surface area contributed by atoms with Gasteiger partial charge < -0.3 is 19.4 Å². The fraction of sp³-hybridized carbons (Fsp3) is 0.222. The van der Waals surface area contributed by atoms with Crippen molar-refractivity contribution in [3.8, 4) is 5.75 Å². The van der Waals surface area contributed by atoms with Crippen LogP contribution >= 0.6 is 7.57 Å². The molecule has 1 aromatic heterocycles. The molecule has 0 atom stereocenters. The molecule has 0 aliphatic rings. The molecule has 3 N–H and O–H groups in total. The molecule has 88 valence electrons. The fourth-order valence-electron chi connectivity index (χ4n) is 1.07. The Bertz CT molecular complexity index is 453. The Labute approximate surface area is 92.4 Å². The number of pyridine rings is 1. The maximum absolute atomic E-state index is 10.7. The van der Waals surface area contributed by atoms with Crippen LogP contribution in [0.3, 0.4) is 0 Å². The molecule has 0 aliphatic carbocycles. The van der Waals surface area contributed by atoms with Gasteiger partial charge in [0.15, 0.2) is 6.29 Å². The monoisotopic (exact) mass is 245 g/mol. The third kappa shape index (κ3) is 3.15. The van der Waals surface area contributed by atoms with Crippen molar-refractivity contribution in [1.82, 2.24) is 4.98 Å². The molecule has 0 aromatic carbocycles. The molecule has 0 unspecified atom stereocenters. The van der Waals surface area contributed by atoms with E-state index in [4.69, 9.17) is 9.79 Å². The average Bonchev–Trinajstić information content (AvgIpc) is 2.18. The quantitative estimate of drug-likeness (QED) is 0.530. The maximum atomic E-state index is 10.7. The molecule has 0 fully saturated rings. The van der Waals surface area contributed by atoms with Gasteiger partial charge in [0, 0.05) is 11.8 Å². The SMILES string of the molecule is C=P(O)(O)OCc1cnc(C)c(O)c1C=O. The number of hydrogen-bond acceptors (Lipinski definition) is 6. The lowest BCUT2D eigenvalue weighted by atomic mass is 10.1. The van der Waals surface area contributed by atoms with Crippen molar-refractivity contribution in [3.63, 3.8) is 0 Å². The van der Waals surface area contributed by atoms with Gasteiger partial charge in [-0.3, -0.25) is 9.78 Å². The number of aromatic nitrogens is 1. The summed E-state index contributed by atoms with van der Waals surface area (Å²) in [6, 6.07) is 0. The summed E-state index contributed by atoms with van der Waals surface area (Å²) in [5, 5.41) is 9.53. The van der Waals surface area contributed by atoms with E-state index in [1.165, 1.54) is 6.20 Å². The van der Waals surface area contributed by atoms with Gasteiger partial charge in [-0.15, -0.1) is 0 Å². The minimum absolute atomic E-state index is 0.0287. The zero-order chi connectivity index (χ0) is 12.3. The first-order valence-electron chi connectivity index (χ1n) is 4.31. The van der Waals surface area contributed by atoms with Crippen molar-refractivity contribution in [2.24, 2.45) is 0 Å². The predicted octanol–water partition coefficient (Wildman–Crippen LogP) is 0.604. The first kappa shape index (κ1) is 12.9. The van der Waals surface area contributed by atoms with E-state index in [2.05, 4.69) is 15.8 Å². The third-order valence-electron chi connectivity index (χ3n) is 1.90. The van der Waals surface area contributed by atoms with Crippen LogP contribution in [0.1, 0.15) is 21.6 Å². The van der Waals surface area contributed by atoms with E-state index >= 15 is 0 Å². The molecule has 6 nitrogen and oxygen atoms in total. The van der Waals surface area contributed by atoms with E-state index in [0.29, 0.717) is 12.0 Å². The summed E-state index contributed by atoms with van der Waals surface area (Å²) in [5.41, 5.74) is 0.615. The topological polar surface area (TPSA) is 99.9 Å². The van der Waals surface area contributed by atoms with E-state index in [0.717, 1.165) is 0 Å². The van der Waals surface area contributed by atoms with Gasteiger partial charge in [0.2, 0.25) is 7.57 Å². The molecule has 0 radical (unpaired) electrons. The normalized spacial score (nSPS) is 11.4. The summed E-state index contributed by atoms with van der Waals surface area (Å²) in [6.07, 6.45) is 4.80. The Morgan fingerprint density at radius 3 is 2.75 bits per heavy atom. The highest BCUT2D eigenvalue weighted by molar-refractivity contribution is 7.57. The van der Waals surface area contributed by atoms with E-state index in [1.54, 1.807) is 6.92 Å². The van der Waals surface area contributed by atoms with Crippen molar-refractivity contribution in [3.05, 3.63) is 23.0 Å².